The lowest BCUT2D eigenvalue weighted by molar-refractivity contribution is 0.601. The number of nitrogens with one attached hydrogen (secondary N) is 2. The second-order valence-electron chi connectivity index (χ2n) is 4.52. The Morgan fingerprint density at radius 2 is 1.44 bits per heavy atom. The molecule has 0 saturated carbocycles. The first kappa shape index (κ1) is 17.3. The van der Waals surface area contributed by atoms with Crippen LogP contribution in [0.15, 0.2) is 47.6 Å². The van der Waals surface area contributed by atoms with Gasteiger partial charge in [-0.2, -0.15) is 15.0 Å². The Kier molecular flexibility index (Phi) is 4.93. The van der Waals surface area contributed by atoms with Gasteiger partial charge in [0.05, 0.1) is 4.90 Å². The highest BCUT2D eigenvalue weighted by atomic mass is 35.5. The first-order valence-corrected chi connectivity index (χ1v) is 8.90. The maximum Gasteiger partial charge on any atom is 0.264 e. The Bertz CT molecular complexity index is 965. The second kappa shape index (κ2) is 7.13. The molecule has 2 heterocycles. The fourth-order valence-corrected chi connectivity index (χ4v) is 3.08. The second-order valence-corrected chi connectivity index (χ2v) is 6.88. The molecule has 3 aromatic rings. The lowest BCUT2D eigenvalue weighted by Crippen LogP contribution is -2.14. The van der Waals surface area contributed by atoms with Gasteiger partial charge in [-0.05, 0) is 53.5 Å². The van der Waals surface area contributed by atoms with E-state index in [4.69, 9.17) is 23.2 Å². The van der Waals surface area contributed by atoms with Crippen molar-refractivity contribution in [2.75, 3.05) is 10.0 Å². The lowest BCUT2D eigenvalue weighted by Gasteiger charge is -2.08. The van der Waals surface area contributed by atoms with Crippen molar-refractivity contribution in [1.29, 1.82) is 0 Å². The van der Waals surface area contributed by atoms with Gasteiger partial charge in [0.25, 0.3) is 10.0 Å². The van der Waals surface area contributed by atoms with Crippen LogP contribution in [0.1, 0.15) is 0 Å². The molecule has 0 amide bonds. The van der Waals surface area contributed by atoms with Crippen LogP contribution in [0, 0.1) is 0 Å². The Balaban J connectivity index is 1.77. The lowest BCUT2D eigenvalue weighted by atomic mass is 10.3. The summed E-state index contributed by atoms with van der Waals surface area (Å²) in [6.45, 7) is 0. The fourth-order valence-electron chi connectivity index (χ4n) is 1.76. The number of rotatable bonds is 5. The molecule has 3 rings (SSSR count). The number of halogens is 2. The summed E-state index contributed by atoms with van der Waals surface area (Å²) in [5.41, 5.74) is 0.535. The van der Waals surface area contributed by atoms with E-state index < -0.39 is 10.0 Å². The predicted molar refractivity (Wildman–Crippen MR) is 92.4 cm³/mol. The molecule has 0 radical (unpaired) electrons. The molecule has 0 fully saturated rings. The van der Waals surface area contributed by atoms with Gasteiger partial charge < -0.3 is 5.32 Å². The number of hydrogen-bond donors (Lipinski definition) is 2. The molecule has 0 bridgehead atoms. The van der Waals surface area contributed by atoms with Gasteiger partial charge in [0.15, 0.2) is 0 Å². The van der Waals surface area contributed by atoms with Crippen LogP contribution in [-0.4, -0.2) is 33.3 Å². The summed E-state index contributed by atoms with van der Waals surface area (Å²) in [4.78, 5) is 19.0. The third-order valence-corrected chi connectivity index (χ3v) is 4.48. The van der Waals surface area contributed by atoms with Gasteiger partial charge in [0, 0.05) is 18.1 Å². The average Bonchev–Trinajstić information content (AvgIpc) is 2.55. The molecule has 0 unspecified atom stereocenters. The van der Waals surface area contributed by atoms with E-state index in [9.17, 15) is 8.42 Å². The van der Waals surface area contributed by atoms with Crippen LogP contribution < -0.4 is 10.0 Å². The standard InChI is InChI=1S/C13H9Cl2N7O2S/c14-10-19-11(15)21-13(20-10)18-8-2-4-9(5-3-8)25(23,24)22-12-16-6-1-7-17-12/h1-7H,(H,16,17,22)(H,18,19,20,21). The van der Waals surface area contributed by atoms with Crippen molar-refractivity contribution in [3.8, 4) is 0 Å². The molecular formula is C13H9Cl2N7O2S. The van der Waals surface area contributed by atoms with E-state index in [0.29, 0.717) is 5.69 Å². The van der Waals surface area contributed by atoms with Crippen molar-refractivity contribution < 1.29 is 8.42 Å². The van der Waals surface area contributed by atoms with E-state index >= 15 is 0 Å². The highest BCUT2D eigenvalue weighted by molar-refractivity contribution is 7.92. The minimum absolute atomic E-state index is 0.0147. The van der Waals surface area contributed by atoms with Gasteiger partial charge in [-0.15, -0.1) is 0 Å². The highest BCUT2D eigenvalue weighted by Gasteiger charge is 2.15. The summed E-state index contributed by atoms with van der Waals surface area (Å²) >= 11 is 11.4. The molecule has 0 atom stereocenters. The van der Waals surface area contributed by atoms with Crippen LogP contribution in [0.4, 0.5) is 17.6 Å². The van der Waals surface area contributed by atoms with Crippen LogP contribution in [0.25, 0.3) is 0 Å². The Morgan fingerprint density at radius 1 is 0.840 bits per heavy atom. The number of hydrogen-bond acceptors (Lipinski definition) is 8. The molecule has 25 heavy (non-hydrogen) atoms. The van der Waals surface area contributed by atoms with Crippen molar-refractivity contribution in [2.45, 2.75) is 4.90 Å². The van der Waals surface area contributed by atoms with Gasteiger partial charge in [-0.1, -0.05) is 0 Å². The molecule has 0 saturated heterocycles. The number of sulfonamides is 1. The molecule has 0 spiro atoms. The summed E-state index contributed by atoms with van der Waals surface area (Å²) in [6, 6.07) is 7.45. The maximum absolute atomic E-state index is 12.3. The quantitative estimate of drug-likeness (QED) is 0.672. The SMILES string of the molecule is O=S(=O)(Nc1ncccn1)c1ccc(Nc2nc(Cl)nc(Cl)n2)cc1. The summed E-state index contributed by atoms with van der Waals surface area (Å²) in [5.74, 6) is 0.121. The van der Waals surface area contributed by atoms with E-state index in [1.807, 2.05) is 0 Å². The molecule has 9 nitrogen and oxygen atoms in total. The fraction of sp³-hybridized carbons (Fsp3) is 0. The van der Waals surface area contributed by atoms with Crippen molar-refractivity contribution in [1.82, 2.24) is 24.9 Å². The summed E-state index contributed by atoms with van der Waals surface area (Å²) in [7, 11) is -3.80. The minimum atomic E-state index is -3.80. The van der Waals surface area contributed by atoms with E-state index in [2.05, 4.69) is 35.0 Å². The third kappa shape index (κ3) is 4.50. The van der Waals surface area contributed by atoms with Crippen LogP contribution >= 0.6 is 23.2 Å². The van der Waals surface area contributed by atoms with E-state index in [1.54, 1.807) is 6.07 Å². The number of anilines is 3. The van der Waals surface area contributed by atoms with Crippen LogP contribution in [0.5, 0.6) is 0 Å². The maximum atomic E-state index is 12.3. The van der Waals surface area contributed by atoms with Gasteiger partial charge in [0.2, 0.25) is 22.5 Å². The normalized spacial score (nSPS) is 11.1. The smallest absolute Gasteiger partial charge is 0.264 e. The van der Waals surface area contributed by atoms with Gasteiger partial charge in [-0.3, -0.25) is 0 Å². The van der Waals surface area contributed by atoms with E-state index in [-0.39, 0.29) is 27.4 Å². The van der Waals surface area contributed by atoms with Gasteiger partial charge in [0.1, 0.15) is 0 Å². The molecule has 0 aliphatic heterocycles. The van der Waals surface area contributed by atoms with Gasteiger partial charge >= 0.3 is 0 Å². The molecule has 2 N–H and O–H groups in total. The largest absolute Gasteiger partial charge is 0.324 e. The monoisotopic (exact) mass is 397 g/mol. The zero-order valence-electron chi connectivity index (χ0n) is 12.3. The molecule has 0 aliphatic carbocycles. The van der Waals surface area contributed by atoms with Crippen molar-refractivity contribution >= 4 is 50.8 Å². The molecule has 12 heteroatoms. The zero-order valence-corrected chi connectivity index (χ0v) is 14.6. The highest BCUT2D eigenvalue weighted by Crippen LogP contribution is 2.19. The third-order valence-electron chi connectivity index (χ3n) is 2.79. The topological polar surface area (TPSA) is 123 Å². The molecule has 1 aromatic carbocycles. The Hall–Kier alpha value is -2.56. The molecule has 128 valence electrons. The number of benzene rings is 1. The summed E-state index contributed by atoms with van der Waals surface area (Å²) in [5, 5.41) is 2.72. The van der Waals surface area contributed by atoms with E-state index in [1.165, 1.54) is 36.7 Å². The van der Waals surface area contributed by atoms with Crippen molar-refractivity contribution in [3.05, 3.63) is 53.3 Å². The Labute approximate surface area is 152 Å². The minimum Gasteiger partial charge on any atom is -0.324 e. The molecular weight excluding hydrogens is 389 g/mol. The molecule has 0 aliphatic rings. The van der Waals surface area contributed by atoms with Crippen LogP contribution in [0.3, 0.4) is 0 Å². The number of nitrogens with zero attached hydrogens (tertiary/aromatic N) is 5. The van der Waals surface area contributed by atoms with Crippen molar-refractivity contribution in [2.24, 2.45) is 0 Å². The van der Waals surface area contributed by atoms with Crippen LogP contribution in [-0.2, 0) is 10.0 Å². The molecule has 2 aromatic heterocycles. The first-order valence-electron chi connectivity index (χ1n) is 6.66. The van der Waals surface area contributed by atoms with Gasteiger partial charge in [-0.25, -0.2) is 23.1 Å². The average molecular weight is 398 g/mol. The zero-order chi connectivity index (χ0) is 17.9. The van der Waals surface area contributed by atoms with E-state index in [0.717, 1.165) is 0 Å². The summed E-state index contributed by atoms with van der Waals surface area (Å²) in [6.07, 6.45) is 2.87. The predicted octanol–water partition coefficient (Wildman–Crippen LogP) is 2.51. The van der Waals surface area contributed by atoms with Crippen LogP contribution in [0.2, 0.25) is 10.6 Å². The van der Waals surface area contributed by atoms with Crippen molar-refractivity contribution in [3.63, 3.8) is 0 Å². The summed E-state index contributed by atoms with van der Waals surface area (Å²) < 4.78 is 26.8. The first-order chi connectivity index (χ1) is 11.9. The Morgan fingerprint density at radius 3 is 2.04 bits per heavy atom. The number of aromatic nitrogens is 5.